The molecule has 0 spiro atoms. The Hall–Kier alpha value is -2.28. The molecule has 0 N–H and O–H groups in total. The molecule has 134 valence electrons. The third-order valence-electron chi connectivity index (χ3n) is 4.66. The van der Waals surface area contributed by atoms with E-state index < -0.39 is 0 Å². The van der Waals surface area contributed by atoms with Gasteiger partial charge in [0.2, 0.25) is 0 Å². The predicted octanol–water partition coefficient (Wildman–Crippen LogP) is 1.19. The molecular weight excluding hydrogens is 316 g/mol. The third kappa shape index (κ3) is 3.87. The molecule has 0 aromatic carbocycles. The number of likely N-dealkylation sites (N-methyl/N-ethyl adjacent to an activating group) is 1. The molecule has 0 saturated carbocycles. The van der Waals surface area contributed by atoms with E-state index in [2.05, 4.69) is 64.9 Å². The molecule has 7 heteroatoms. The highest BCUT2D eigenvalue weighted by molar-refractivity contribution is 5.42. The monoisotopic (exact) mass is 342 g/mol. The van der Waals surface area contributed by atoms with Crippen molar-refractivity contribution in [1.29, 1.82) is 0 Å². The number of nitrogens with zero attached hydrogens (tertiary/aromatic N) is 6. The molecule has 3 heterocycles. The van der Waals surface area contributed by atoms with E-state index in [1.165, 1.54) is 4.57 Å². The van der Waals surface area contributed by atoms with Crippen LogP contribution in [0.15, 0.2) is 29.3 Å². The van der Waals surface area contributed by atoms with Gasteiger partial charge >= 0.3 is 5.69 Å². The summed E-state index contributed by atoms with van der Waals surface area (Å²) in [6.45, 7) is 9.05. The van der Waals surface area contributed by atoms with E-state index in [9.17, 15) is 4.79 Å². The Labute approximate surface area is 148 Å². The average Bonchev–Trinajstić information content (AvgIpc) is 2.49. The lowest BCUT2D eigenvalue weighted by atomic mass is 9.92. The number of rotatable bonds is 4. The van der Waals surface area contributed by atoms with Crippen LogP contribution in [0.4, 0.5) is 5.82 Å². The van der Waals surface area contributed by atoms with Crippen LogP contribution in [0.2, 0.25) is 0 Å². The molecule has 0 amide bonds. The maximum Gasteiger partial charge on any atom is 0.347 e. The van der Waals surface area contributed by atoms with Gasteiger partial charge in [0.1, 0.15) is 0 Å². The van der Waals surface area contributed by atoms with Crippen molar-refractivity contribution >= 4 is 5.82 Å². The molecule has 2 aromatic heterocycles. The zero-order chi connectivity index (χ0) is 18.2. The van der Waals surface area contributed by atoms with Crippen molar-refractivity contribution in [3.8, 4) is 0 Å². The number of hydrogen-bond acceptors (Lipinski definition) is 6. The number of hydrogen-bond donors (Lipinski definition) is 0. The molecule has 0 aliphatic carbocycles. The fourth-order valence-electron chi connectivity index (χ4n) is 2.88. The Morgan fingerprint density at radius 2 is 1.96 bits per heavy atom. The predicted molar refractivity (Wildman–Crippen MR) is 97.7 cm³/mol. The van der Waals surface area contributed by atoms with Gasteiger partial charge in [-0.3, -0.25) is 4.90 Å². The van der Waals surface area contributed by atoms with Crippen LogP contribution in [0.1, 0.15) is 32.0 Å². The van der Waals surface area contributed by atoms with Crippen LogP contribution in [-0.2, 0) is 19.0 Å². The molecule has 0 bridgehead atoms. The Bertz CT molecular complexity index is 786. The molecule has 2 aromatic rings. The van der Waals surface area contributed by atoms with Crippen molar-refractivity contribution in [2.45, 2.75) is 38.8 Å². The minimum Gasteiger partial charge on any atom is -0.352 e. The van der Waals surface area contributed by atoms with Gasteiger partial charge in [0.25, 0.3) is 0 Å². The molecule has 0 radical (unpaired) electrons. The second kappa shape index (κ2) is 6.55. The Morgan fingerprint density at radius 1 is 1.24 bits per heavy atom. The molecule has 1 saturated heterocycles. The van der Waals surface area contributed by atoms with Crippen molar-refractivity contribution < 1.29 is 0 Å². The summed E-state index contributed by atoms with van der Waals surface area (Å²) in [5.74, 6) is 0.932. The minimum atomic E-state index is -0.224. The van der Waals surface area contributed by atoms with Crippen molar-refractivity contribution in [2.24, 2.45) is 7.05 Å². The van der Waals surface area contributed by atoms with Gasteiger partial charge in [-0.2, -0.15) is 5.10 Å². The fraction of sp³-hybridized carbons (Fsp3) is 0.556. The summed E-state index contributed by atoms with van der Waals surface area (Å²) in [4.78, 5) is 19.8. The summed E-state index contributed by atoms with van der Waals surface area (Å²) in [6, 6.07) is 4.58. The van der Waals surface area contributed by atoms with E-state index in [1.807, 2.05) is 6.20 Å². The molecule has 3 rings (SSSR count). The molecule has 25 heavy (non-hydrogen) atoms. The van der Waals surface area contributed by atoms with Gasteiger partial charge in [0, 0.05) is 56.1 Å². The summed E-state index contributed by atoms with van der Waals surface area (Å²) in [6.07, 6.45) is 3.50. The van der Waals surface area contributed by atoms with Crippen molar-refractivity contribution in [1.82, 2.24) is 24.6 Å². The van der Waals surface area contributed by atoms with Gasteiger partial charge in [-0.15, -0.1) is 5.10 Å². The lowest BCUT2D eigenvalue weighted by Crippen LogP contribution is -2.58. The van der Waals surface area contributed by atoms with Crippen molar-refractivity contribution in [2.75, 3.05) is 25.0 Å². The second-order valence-corrected chi connectivity index (χ2v) is 7.86. The maximum atomic E-state index is 11.4. The summed E-state index contributed by atoms with van der Waals surface area (Å²) in [5, 5.41) is 8.74. The fourth-order valence-corrected chi connectivity index (χ4v) is 2.88. The van der Waals surface area contributed by atoms with Gasteiger partial charge in [-0.25, -0.2) is 9.78 Å². The normalized spacial score (nSPS) is 15.5. The van der Waals surface area contributed by atoms with E-state index >= 15 is 0 Å². The lowest BCUT2D eigenvalue weighted by Gasteiger charge is -2.44. The molecule has 1 aliphatic heterocycles. The van der Waals surface area contributed by atoms with Crippen molar-refractivity contribution in [3.63, 3.8) is 0 Å². The van der Waals surface area contributed by atoms with Gasteiger partial charge in [0.15, 0.2) is 5.82 Å². The largest absolute Gasteiger partial charge is 0.352 e. The maximum absolute atomic E-state index is 11.4. The average molecular weight is 342 g/mol. The summed E-state index contributed by atoms with van der Waals surface area (Å²) < 4.78 is 1.52. The SMILES string of the molecule is CN(Cc1cnc(=O)n(C)c1)C1CN(c2ccc(C(C)(C)C)nn2)C1. The molecule has 0 atom stereocenters. The highest BCUT2D eigenvalue weighted by Gasteiger charge is 2.31. The zero-order valence-electron chi connectivity index (χ0n) is 15.6. The Balaban J connectivity index is 1.56. The first kappa shape index (κ1) is 17.5. The van der Waals surface area contributed by atoms with Crippen LogP contribution >= 0.6 is 0 Å². The topological polar surface area (TPSA) is 67.2 Å². The van der Waals surface area contributed by atoms with Crippen molar-refractivity contribution in [3.05, 3.63) is 46.3 Å². The van der Waals surface area contributed by atoms with Crippen LogP contribution in [0.5, 0.6) is 0 Å². The summed E-state index contributed by atoms with van der Waals surface area (Å²) >= 11 is 0. The van der Waals surface area contributed by atoms with Gasteiger partial charge in [-0.05, 0) is 19.2 Å². The Morgan fingerprint density at radius 3 is 2.52 bits per heavy atom. The van der Waals surface area contributed by atoms with Gasteiger partial charge in [0.05, 0.1) is 5.69 Å². The van der Waals surface area contributed by atoms with E-state index in [0.717, 1.165) is 36.7 Å². The highest BCUT2D eigenvalue weighted by Crippen LogP contribution is 2.24. The molecule has 0 unspecified atom stereocenters. The first-order valence-corrected chi connectivity index (χ1v) is 8.55. The molecular formula is C18H26N6O. The number of aryl methyl sites for hydroxylation is 1. The second-order valence-electron chi connectivity index (χ2n) is 7.86. The van der Waals surface area contributed by atoms with E-state index in [1.54, 1.807) is 13.2 Å². The first-order chi connectivity index (χ1) is 11.7. The quantitative estimate of drug-likeness (QED) is 0.831. The van der Waals surface area contributed by atoms with E-state index in [4.69, 9.17) is 0 Å². The van der Waals surface area contributed by atoms with Crippen LogP contribution in [0, 0.1) is 0 Å². The third-order valence-corrected chi connectivity index (χ3v) is 4.66. The van der Waals surface area contributed by atoms with Crippen LogP contribution in [0.3, 0.4) is 0 Å². The van der Waals surface area contributed by atoms with Crippen LogP contribution < -0.4 is 10.6 Å². The smallest absolute Gasteiger partial charge is 0.347 e. The number of anilines is 1. The minimum absolute atomic E-state index is 0.0209. The molecule has 1 aliphatic rings. The van der Waals surface area contributed by atoms with Crippen LogP contribution in [0.25, 0.3) is 0 Å². The van der Waals surface area contributed by atoms with Gasteiger partial charge in [-0.1, -0.05) is 20.8 Å². The highest BCUT2D eigenvalue weighted by atomic mass is 16.1. The van der Waals surface area contributed by atoms with E-state index in [0.29, 0.717) is 6.04 Å². The number of aromatic nitrogens is 4. The summed E-state index contributed by atoms with van der Waals surface area (Å²) in [5.41, 5.74) is 1.84. The van der Waals surface area contributed by atoms with Crippen LogP contribution in [-0.4, -0.2) is 50.8 Å². The Kier molecular flexibility index (Phi) is 4.60. The first-order valence-electron chi connectivity index (χ1n) is 8.55. The zero-order valence-corrected chi connectivity index (χ0v) is 15.6. The lowest BCUT2D eigenvalue weighted by molar-refractivity contribution is 0.196. The van der Waals surface area contributed by atoms with Gasteiger partial charge < -0.3 is 9.47 Å². The summed E-state index contributed by atoms with van der Waals surface area (Å²) in [7, 11) is 3.82. The molecule has 7 nitrogen and oxygen atoms in total. The van der Waals surface area contributed by atoms with E-state index in [-0.39, 0.29) is 11.1 Å². The standard InChI is InChI=1S/C18H26N6O/c1-18(2,3)15-6-7-16(21-20-15)24-11-14(12-24)22(4)9-13-8-19-17(25)23(5)10-13/h6-8,10,14H,9,11-12H2,1-5H3. The molecule has 1 fully saturated rings.